The number of furan rings is 1. The summed E-state index contributed by atoms with van der Waals surface area (Å²) in [5.74, 6) is 1.73. The molecule has 0 aliphatic rings. The van der Waals surface area contributed by atoms with Crippen molar-refractivity contribution in [1.82, 2.24) is 19.5 Å². The van der Waals surface area contributed by atoms with Crippen LogP contribution in [-0.4, -0.2) is 19.5 Å². The van der Waals surface area contributed by atoms with Crippen molar-refractivity contribution in [3.05, 3.63) is 194 Å². The summed E-state index contributed by atoms with van der Waals surface area (Å²) in [5.41, 5.74) is 9.63. The highest BCUT2D eigenvalue weighted by Gasteiger charge is 2.22. The number of rotatable bonds is 5. The predicted molar refractivity (Wildman–Crippen MR) is 254 cm³/mol. The minimum atomic E-state index is 0.539. The van der Waals surface area contributed by atoms with Crippen molar-refractivity contribution < 1.29 is 4.42 Å². The van der Waals surface area contributed by atoms with Crippen molar-refractivity contribution in [1.29, 1.82) is 0 Å². The first-order valence-electron chi connectivity index (χ1n) is 20.4. The SMILES string of the molecule is c1ccc(-c2cccc(-c3nc(-c4ccc5sc6ccccc6c5c4)nc(-c4cc(-n5c6ccccc6c6cc7ccccc7cc65)cc5c4oc4ccccc45)n3)c2)cc1. The van der Waals surface area contributed by atoms with Gasteiger partial charge in [-0.1, -0.05) is 127 Å². The van der Waals surface area contributed by atoms with Gasteiger partial charge in [-0.15, -0.1) is 11.3 Å². The van der Waals surface area contributed by atoms with E-state index in [1.165, 1.54) is 41.7 Å². The van der Waals surface area contributed by atoms with Crippen molar-refractivity contribution in [3.63, 3.8) is 0 Å². The average Bonchev–Trinajstić information content (AvgIpc) is 4.00. The van der Waals surface area contributed by atoms with E-state index in [1.807, 2.05) is 18.2 Å². The number of thiophene rings is 1. The highest BCUT2D eigenvalue weighted by Crippen LogP contribution is 2.42. The molecule has 61 heavy (non-hydrogen) atoms. The number of hydrogen-bond acceptors (Lipinski definition) is 5. The van der Waals surface area contributed by atoms with Gasteiger partial charge in [0, 0.05) is 58.5 Å². The van der Waals surface area contributed by atoms with E-state index in [-0.39, 0.29) is 0 Å². The highest BCUT2D eigenvalue weighted by atomic mass is 32.1. The van der Waals surface area contributed by atoms with Crippen LogP contribution in [0, 0.1) is 0 Å². The molecule has 0 unspecified atom stereocenters. The second-order valence-electron chi connectivity index (χ2n) is 15.6. The third kappa shape index (κ3) is 5.43. The van der Waals surface area contributed by atoms with Gasteiger partial charge in [0.15, 0.2) is 17.5 Å². The van der Waals surface area contributed by atoms with E-state index >= 15 is 0 Å². The smallest absolute Gasteiger partial charge is 0.167 e. The topological polar surface area (TPSA) is 56.7 Å². The largest absolute Gasteiger partial charge is 0.455 e. The van der Waals surface area contributed by atoms with Crippen LogP contribution >= 0.6 is 11.3 Å². The molecule has 0 saturated carbocycles. The number of para-hydroxylation sites is 2. The van der Waals surface area contributed by atoms with Gasteiger partial charge in [-0.25, -0.2) is 15.0 Å². The summed E-state index contributed by atoms with van der Waals surface area (Å²) >= 11 is 1.80. The molecule has 13 aromatic rings. The van der Waals surface area contributed by atoms with Crippen LogP contribution < -0.4 is 0 Å². The molecule has 9 aromatic carbocycles. The molecule has 0 amide bonds. The Balaban J connectivity index is 1.10. The van der Waals surface area contributed by atoms with Crippen LogP contribution in [0.4, 0.5) is 0 Å². The van der Waals surface area contributed by atoms with Crippen molar-refractivity contribution >= 4 is 86.0 Å². The lowest BCUT2D eigenvalue weighted by molar-refractivity contribution is 0.669. The number of benzene rings is 9. The van der Waals surface area contributed by atoms with Crippen molar-refractivity contribution in [2.24, 2.45) is 0 Å². The Morgan fingerprint density at radius 1 is 0.377 bits per heavy atom. The second-order valence-corrected chi connectivity index (χ2v) is 16.7. The molecule has 0 spiro atoms. The van der Waals surface area contributed by atoms with E-state index in [0.29, 0.717) is 17.5 Å². The van der Waals surface area contributed by atoms with Crippen LogP contribution in [-0.2, 0) is 0 Å². The van der Waals surface area contributed by atoms with E-state index in [4.69, 9.17) is 19.4 Å². The van der Waals surface area contributed by atoms with Crippen molar-refractivity contribution in [2.75, 3.05) is 0 Å². The van der Waals surface area contributed by atoms with Gasteiger partial charge in [0.1, 0.15) is 11.2 Å². The van der Waals surface area contributed by atoms with Gasteiger partial charge in [-0.3, -0.25) is 0 Å². The number of fused-ring (bicyclic) bond motifs is 10. The molecule has 284 valence electrons. The van der Waals surface area contributed by atoms with Crippen LogP contribution in [0.25, 0.3) is 126 Å². The van der Waals surface area contributed by atoms with E-state index in [1.54, 1.807) is 11.3 Å². The average molecular weight is 797 g/mol. The van der Waals surface area contributed by atoms with Crippen molar-refractivity contribution in [2.45, 2.75) is 0 Å². The first kappa shape index (κ1) is 34.0. The van der Waals surface area contributed by atoms with Gasteiger partial charge in [-0.2, -0.15) is 0 Å². The Hall–Kier alpha value is -7.93. The monoisotopic (exact) mass is 796 g/mol. The van der Waals surface area contributed by atoms with Crippen LogP contribution in [0.3, 0.4) is 0 Å². The molecule has 0 radical (unpaired) electrons. The van der Waals surface area contributed by atoms with Crippen molar-refractivity contribution in [3.8, 4) is 51.0 Å². The van der Waals surface area contributed by atoms with Gasteiger partial charge >= 0.3 is 0 Å². The lowest BCUT2D eigenvalue weighted by atomic mass is 10.0. The van der Waals surface area contributed by atoms with Gasteiger partial charge in [0.05, 0.1) is 16.6 Å². The maximum atomic E-state index is 6.80. The van der Waals surface area contributed by atoms with Gasteiger partial charge < -0.3 is 8.98 Å². The lowest BCUT2D eigenvalue weighted by Crippen LogP contribution is -2.02. The molecule has 0 aliphatic carbocycles. The Bertz CT molecular complexity index is 3900. The zero-order chi connectivity index (χ0) is 40.0. The standard InChI is InChI=1S/C55H32N4OS/c1-2-13-33(14-3-1)34-17-12-18-37(27-34)53-56-54(38-25-26-51-44(29-38)42-21-8-11-24-50(42)61-51)58-55(57-53)46-32-39(31-45-41-20-7-10-23-49(41)60-52(45)46)59-47-22-9-6-19-40(47)43-28-35-15-4-5-16-36(35)30-48(43)59/h1-32H. The molecule has 5 nitrogen and oxygen atoms in total. The van der Waals surface area contributed by atoms with Gasteiger partial charge in [0.25, 0.3) is 0 Å². The van der Waals surface area contributed by atoms with Gasteiger partial charge in [0.2, 0.25) is 0 Å². The van der Waals surface area contributed by atoms with Crippen LogP contribution in [0.1, 0.15) is 0 Å². The summed E-state index contributed by atoms with van der Waals surface area (Å²) in [6.45, 7) is 0. The zero-order valence-corrected chi connectivity index (χ0v) is 33.4. The fraction of sp³-hybridized carbons (Fsp3) is 0. The fourth-order valence-corrected chi connectivity index (χ4v) is 10.2. The van der Waals surface area contributed by atoms with Crippen LogP contribution in [0.5, 0.6) is 0 Å². The molecular weight excluding hydrogens is 765 g/mol. The molecule has 4 heterocycles. The predicted octanol–water partition coefficient (Wildman–Crippen LogP) is 15.1. The summed E-state index contributed by atoms with van der Waals surface area (Å²) in [5, 5.41) is 9.24. The molecule has 0 bridgehead atoms. The Morgan fingerprint density at radius 2 is 1.03 bits per heavy atom. The molecule has 0 fully saturated rings. The molecule has 0 aliphatic heterocycles. The molecule has 0 saturated heterocycles. The van der Waals surface area contributed by atoms with Crippen LogP contribution in [0.2, 0.25) is 0 Å². The minimum absolute atomic E-state index is 0.539. The normalized spacial score (nSPS) is 11.9. The number of hydrogen-bond donors (Lipinski definition) is 0. The van der Waals surface area contributed by atoms with Gasteiger partial charge in [-0.05, 0) is 88.6 Å². The molecule has 6 heteroatoms. The fourth-order valence-electron chi connectivity index (χ4n) is 9.13. The first-order chi connectivity index (χ1) is 30.2. The first-order valence-corrected chi connectivity index (χ1v) is 21.2. The summed E-state index contributed by atoms with van der Waals surface area (Å²) < 4.78 is 11.7. The summed E-state index contributed by atoms with van der Waals surface area (Å²) in [6.07, 6.45) is 0. The molecule has 0 N–H and O–H groups in total. The van der Waals surface area contributed by atoms with E-state index in [0.717, 1.165) is 66.5 Å². The van der Waals surface area contributed by atoms with Crippen LogP contribution in [0.15, 0.2) is 199 Å². The molecule has 0 atom stereocenters. The Morgan fingerprint density at radius 3 is 1.90 bits per heavy atom. The van der Waals surface area contributed by atoms with E-state index in [2.05, 4.69) is 180 Å². The number of aromatic nitrogens is 4. The highest BCUT2D eigenvalue weighted by molar-refractivity contribution is 7.25. The second kappa shape index (κ2) is 13.3. The summed E-state index contributed by atoms with van der Waals surface area (Å²) in [4.78, 5) is 16.0. The quantitative estimate of drug-likeness (QED) is 0.174. The Kier molecular flexibility index (Phi) is 7.41. The summed E-state index contributed by atoms with van der Waals surface area (Å²) in [6, 6.07) is 68.6. The molecular formula is C55H32N4OS. The maximum Gasteiger partial charge on any atom is 0.167 e. The molecule has 13 rings (SSSR count). The van der Waals surface area contributed by atoms with E-state index in [9.17, 15) is 0 Å². The third-order valence-corrected chi connectivity index (χ3v) is 13.2. The number of nitrogens with zero attached hydrogens (tertiary/aromatic N) is 4. The molecule has 4 aromatic heterocycles. The summed E-state index contributed by atoms with van der Waals surface area (Å²) in [7, 11) is 0. The zero-order valence-electron chi connectivity index (χ0n) is 32.6. The third-order valence-electron chi connectivity index (χ3n) is 12.0. The lowest BCUT2D eigenvalue weighted by Gasteiger charge is -2.13. The van der Waals surface area contributed by atoms with E-state index < -0.39 is 0 Å². The Labute approximate surface area is 353 Å². The maximum absolute atomic E-state index is 6.80. The minimum Gasteiger partial charge on any atom is -0.455 e.